The lowest BCUT2D eigenvalue weighted by atomic mass is 10.1. The second-order valence-corrected chi connectivity index (χ2v) is 8.19. The summed E-state index contributed by atoms with van der Waals surface area (Å²) in [5.41, 5.74) is -1.73. The van der Waals surface area contributed by atoms with E-state index in [2.05, 4.69) is 15.0 Å². The third kappa shape index (κ3) is 4.83. The van der Waals surface area contributed by atoms with Gasteiger partial charge in [-0.3, -0.25) is 14.5 Å². The number of benzene rings is 1. The fourth-order valence-electron chi connectivity index (χ4n) is 2.49. The van der Waals surface area contributed by atoms with Crippen LogP contribution in [0.5, 0.6) is 0 Å². The van der Waals surface area contributed by atoms with Crippen LogP contribution in [0.3, 0.4) is 0 Å². The van der Waals surface area contributed by atoms with E-state index in [-0.39, 0.29) is 10.7 Å². The number of rotatable bonds is 8. The molecular weight excluding hydrogens is 374 g/mol. The minimum atomic E-state index is -3.72. The Labute approximate surface area is 157 Å². The molecule has 0 bridgehead atoms. The summed E-state index contributed by atoms with van der Waals surface area (Å²) in [6, 6.07) is 5.39. The van der Waals surface area contributed by atoms with Gasteiger partial charge in [0.1, 0.15) is 11.9 Å². The minimum absolute atomic E-state index is 0.0758. The van der Waals surface area contributed by atoms with Crippen LogP contribution in [0.1, 0.15) is 38.7 Å². The lowest BCUT2D eigenvalue weighted by molar-refractivity contribution is -0.156. The van der Waals surface area contributed by atoms with Crippen LogP contribution < -0.4 is 10.0 Å². The Hall–Kier alpha value is -2.46. The molecule has 0 aliphatic carbocycles. The molecule has 0 fully saturated rings. The molecule has 1 aliphatic rings. The van der Waals surface area contributed by atoms with Crippen LogP contribution in [-0.4, -0.2) is 54.5 Å². The molecule has 9 nitrogen and oxygen atoms in total. The number of sulfonamides is 1. The van der Waals surface area contributed by atoms with Gasteiger partial charge in [-0.25, -0.2) is 13.2 Å². The first kappa shape index (κ1) is 20.8. The number of amides is 1. The number of carboxylic acids is 1. The predicted molar refractivity (Wildman–Crippen MR) is 97.9 cm³/mol. The molecule has 0 spiro atoms. The predicted octanol–water partition coefficient (Wildman–Crippen LogP) is 0.236. The highest BCUT2D eigenvalue weighted by atomic mass is 32.2. The maximum absolute atomic E-state index is 12.5. The summed E-state index contributed by atoms with van der Waals surface area (Å²) in [5, 5.41) is 21.0. The van der Waals surface area contributed by atoms with Gasteiger partial charge >= 0.3 is 5.97 Å². The van der Waals surface area contributed by atoms with E-state index in [0.717, 1.165) is 13.3 Å². The van der Waals surface area contributed by atoms with Crippen molar-refractivity contribution in [2.45, 2.75) is 49.6 Å². The fourth-order valence-corrected chi connectivity index (χ4v) is 3.73. The standard InChI is InChI=1S/C17H23N3O6S/c1-3-4-8-12(15(21)18-10-17(2,24)16(22)23)19-14-11-7-5-6-9-13(11)27(25,26)20-14/h5-7,9,12,24H,3-4,8,10H2,1-2H3,(H,18,21)(H,19,20)(H,22,23). The molecule has 0 aromatic heterocycles. The molecule has 1 aliphatic heterocycles. The minimum Gasteiger partial charge on any atom is -0.479 e. The Balaban J connectivity index is 2.26. The maximum atomic E-state index is 12.5. The van der Waals surface area contributed by atoms with Crippen molar-refractivity contribution in [2.24, 2.45) is 4.99 Å². The van der Waals surface area contributed by atoms with Gasteiger partial charge in [0.05, 0.1) is 11.4 Å². The third-order valence-electron chi connectivity index (χ3n) is 4.15. The zero-order chi connectivity index (χ0) is 20.2. The first-order chi connectivity index (χ1) is 12.6. The first-order valence-corrected chi connectivity index (χ1v) is 10.0. The van der Waals surface area contributed by atoms with E-state index >= 15 is 0 Å². The summed E-state index contributed by atoms with van der Waals surface area (Å²) in [4.78, 5) is 27.8. The summed E-state index contributed by atoms with van der Waals surface area (Å²) < 4.78 is 26.7. The maximum Gasteiger partial charge on any atom is 0.337 e. The van der Waals surface area contributed by atoms with Gasteiger partial charge in [0.15, 0.2) is 5.60 Å². The fraction of sp³-hybridized carbons (Fsp3) is 0.471. The van der Waals surface area contributed by atoms with Crippen molar-refractivity contribution in [3.05, 3.63) is 29.8 Å². The number of hydrogen-bond donors (Lipinski definition) is 4. The smallest absolute Gasteiger partial charge is 0.337 e. The molecule has 1 amide bonds. The zero-order valence-corrected chi connectivity index (χ0v) is 15.9. The number of hydrogen-bond acceptors (Lipinski definition) is 6. The van der Waals surface area contributed by atoms with Crippen LogP contribution in [0.15, 0.2) is 34.2 Å². The lowest BCUT2D eigenvalue weighted by Gasteiger charge is -2.20. The zero-order valence-electron chi connectivity index (χ0n) is 15.1. The summed E-state index contributed by atoms with van der Waals surface area (Å²) in [6.07, 6.45) is 1.81. The van der Waals surface area contributed by atoms with Gasteiger partial charge in [0.2, 0.25) is 5.91 Å². The van der Waals surface area contributed by atoms with E-state index in [0.29, 0.717) is 18.4 Å². The highest BCUT2D eigenvalue weighted by Crippen LogP contribution is 2.23. The molecule has 0 saturated heterocycles. The molecule has 10 heteroatoms. The molecular formula is C17H23N3O6S. The highest BCUT2D eigenvalue weighted by Gasteiger charge is 2.33. The Morgan fingerprint density at radius 2 is 2.00 bits per heavy atom. The SMILES string of the molecule is CCCCC(N=C1NS(=O)(=O)c2ccccc21)C(=O)NCC(C)(O)C(=O)O. The van der Waals surface area contributed by atoms with E-state index in [1.165, 1.54) is 6.07 Å². The molecule has 2 rings (SSSR count). The Bertz CT molecular complexity index is 863. The van der Waals surface area contributed by atoms with E-state index in [1.807, 2.05) is 6.92 Å². The number of aliphatic carboxylic acids is 1. The van der Waals surface area contributed by atoms with Gasteiger partial charge in [-0.05, 0) is 25.5 Å². The number of carbonyl (C=O) groups is 2. The van der Waals surface area contributed by atoms with Gasteiger partial charge in [-0.2, -0.15) is 0 Å². The molecule has 1 aromatic rings. The number of aliphatic imine (C=N–C) groups is 1. The second-order valence-electron chi connectivity index (χ2n) is 6.53. The molecule has 148 valence electrons. The van der Waals surface area contributed by atoms with Gasteiger partial charge in [0, 0.05) is 5.56 Å². The summed E-state index contributed by atoms with van der Waals surface area (Å²) >= 11 is 0. The van der Waals surface area contributed by atoms with Crippen molar-refractivity contribution in [1.29, 1.82) is 0 Å². The Morgan fingerprint density at radius 3 is 2.63 bits per heavy atom. The van der Waals surface area contributed by atoms with Crippen LogP contribution in [-0.2, 0) is 19.6 Å². The monoisotopic (exact) mass is 397 g/mol. The van der Waals surface area contributed by atoms with Crippen LogP contribution >= 0.6 is 0 Å². The number of nitrogens with one attached hydrogen (secondary N) is 2. The van der Waals surface area contributed by atoms with Crippen molar-refractivity contribution in [1.82, 2.24) is 10.0 Å². The van der Waals surface area contributed by atoms with Crippen molar-refractivity contribution in [2.75, 3.05) is 6.54 Å². The number of fused-ring (bicyclic) bond motifs is 1. The van der Waals surface area contributed by atoms with Crippen molar-refractivity contribution in [3.63, 3.8) is 0 Å². The first-order valence-electron chi connectivity index (χ1n) is 8.52. The average molecular weight is 397 g/mol. The van der Waals surface area contributed by atoms with Gasteiger partial charge in [0.25, 0.3) is 10.0 Å². The van der Waals surface area contributed by atoms with Crippen molar-refractivity contribution >= 4 is 27.7 Å². The van der Waals surface area contributed by atoms with Crippen LogP contribution in [0.25, 0.3) is 0 Å². The van der Waals surface area contributed by atoms with Crippen LogP contribution in [0.2, 0.25) is 0 Å². The molecule has 27 heavy (non-hydrogen) atoms. The number of amidine groups is 1. The largest absolute Gasteiger partial charge is 0.479 e. The molecule has 2 unspecified atom stereocenters. The molecule has 1 heterocycles. The van der Waals surface area contributed by atoms with Crippen LogP contribution in [0.4, 0.5) is 0 Å². The average Bonchev–Trinajstić information content (AvgIpc) is 2.87. The number of carbonyl (C=O) groups excluding carboxylic acids is 1. The quantitative estimate of drug-likeness (QED) is 0.494. The number of carboxylic acid groups (broad SMARTS) is 1. The molecule has 0 saturated carbocycles. The second kappa shape index (κ2) is 8.05. The van der Waals surface area contributed by atoms with E-state index in [4.69, 9.17) is 5.11 Å². The number of unbranched alkanes of at least 4 members (excludes halogenated alkanes) is 1. The summed E-state index contributed by atoms with van der Waals surface area (Å²) in [5.74, 6) is -1.97. The van der Waals surface area contributed by atoms with Crippen LogP contribution in [0, 0.1) is 0 Å². The molecule has 4 N–H and O–H groups in total. The third-order valence-corrected chi connectivity index (χ3v) is 5.55. The van der Waals surface area contributed by atoms with Gasteiger partial charge in [-0.1, -0.05) is 31.9 Å². The Kier molecular flexibility index (Phi) is 6.22. The van der Waals surface area contributed by atoms with E-state index in [1.54, 1.807) is 18.2 Å². The topological polar surface area (TPSA) is 145 Å². The Morgan fingerprint density at radius 1 is 1.33 bits per heavy atom. The summed E-state index contributed by atoms with van der Waals surface area (Å²) in [6.45, 7) is 2.52. The molecule has 1 aromatic carbocycles. The van der Waals surface area contributed by atoms with Crippen molar-refractivity contribution < 1.29 is 28.2 Å². The van der Waals surface area contributed by atoms with Gasteiger partial charge < -0.3 is 15.5 Å². The van der Waals surface area contributed by atoms with Crippen molar-refractivity contribution in [3.8, 4) is 0 Å². The molecule has 2 atom stereocenters. The van der Waals surface area contributed by atoms with E-state index in [9.17, 15) is 23.1 Å². The summed E-state index contributed by atoms with van der Waals surface area (Å²) in [7, 11) is -3.72. The number of nitrogens with zero attached hydrogens (tertiary/aromatic N) is 1. The number of aliphatic hydroxyl groups is 1. The normalized spacial score (nSPS) is 19.6. The lowest BCUT2D eigenvalue weighted by Crippen LogP contribution is -2.48. The highest BCUT2D eigenvalue weighted by molar-refractivity contribution is 7.90. The van der Waals surface area contributed by atoms with Gasteiger partial charge in [-0.15, -0.1) is 0 Å². The van der Waals surface area contributed by atoms with E-state index < -0.39 is 40.1 Å². The molecule has 0 radical (unpaired) electrons.